The molecule has 1 unspecified atom stereocenters. The third-order valence-electron chi connectivity index (χ3n) is 2.48. The van der Waals surface area contributed by atoms with Gasteiger partial charge in [0.25, 0.3) is 0 Å². The van der Waals surface area contributed by atoms with Crippen LogP contribution in [0.25, 0.3) is 0 Å². The summed E-state index contributed by atoms with van der Waals surface area (Å²) in [5.74, 6) is 5.73. The summed E-state index contributed by atoms with van der Waals surface area (Å²) in [7, 11) is 0. The number of nitrogens with zero attached hydrogens (tertiary/aromatic N) is 1. The van der Waals surface area contributed by atoms with Gasteiger partial charge in [-0.1, -0.05) is 12.5 Å². The highest BCUT2D eigenvalue weighted by atomic mass is 32.2. The van der Waals surface area contributed by atoms with Crippen LogP contribution < -0.4 is 11.4 Å². The smallest absolute Gasteiger partial charge is 0.327 e. The van der Waals surface area contributed by atoms with Gasteiger partial charge < -0.3 is 9.74 Å². The second-order valence-corrected chi connectivity index (χ2v) is 4.95. The molecule has 0 radical (unpaired) electrons. The molecule has 5 nitrogen and oxygen atoms in total. The molecule has 0 bridgehead atoms. The Labute approximate surface area is 94.6 Å². The van der Waals surface area contributed by atoms with Gasteiger partial charge in [0.15, 0.2) is 0 Å². The molecule has 0 aromatic carbocycles. The number of hydrogen-bond acceptors (Lipinski definition) is 6. The second-order valence-electron chi connectivity index (χ2n) is 3.54. The maximum atomic E-state index is 11.0. The lowest BCUT2D eigenvalue weighted by molar-refractivity contribution is -0.151. The lowest BCUT2D eigenvalue weighted by Crippen LogP contribution is -2.39. The molecule has 0 saturated carbocycles. The Morgan fingerprint density at radius 1 is 1.73 bits per heavy atom. The van der Waals surface area contributed by atoms with Crippen LogP contribution >= 0.6 is 11.8 Å². The average molecular weight is 233 g/mol. The molecule has 88 valence electrons. The van der Waals surface area contributed by atoms with Crippen LogP contribution in [-0.2, 0) is 9.63 Å². The predicted octanol–water partition coefficient (Wildman–Crippen LogP) is 0.125. The molecule has 1 saturated heterocycles. The molecule has 0 spiro atoms. The Morgan fingerprint density at radius 2 is 2.53 bits per heavy atom. The van der Waals surface area contributed by atoms with Gasteiger partial charge in [0.05, 0.1) is 6.42 Å². The Bertz CT molecular complexity index is 204. The molecular weight excluding hydrogens is 214 g/mol. The van der Waals surface area contributed by atoms with Crippen LogP contribution in [0.4, 0.5) is 0 Å². The molecule has 0 aromatic heterocycles. The standard InChI is InChI=1S/C9H19N3O2S/c1-2-8-7-12(5-6-15-8)4-3-9(13)14-11-10/h8,11H,2-7,10H2,1H3. The van der Waals surface area contributed by atoms with Crippen molar-refractivity contribution in [2.75, 3.05) is 25.4 Å². The fraction of sp³-hybridized carbons (Fsp3) is 0.889. The van der Waals surface area contributed by atoms with Crippen molar-refractivity contribution in [3.63, 3.8) is 0 Å². The normalized spacial score (nSPS) is 22.7. The van der Waals surface area contributed by atoms with E-state index in [0.29, 0.717) is 11.7 Å². The summed E-state index contributed by atoms with van der Waals surface area (Å²) < 4.78 is 0. The third-order valence-corrected chi connectivity index (χ3v) is 3.86. The van der Waals surface area contributed by atoms with Crippen molar-refractivity contribution in [2.45, 2.75) is 25.0 Å². The fourth-order valence-corrected chi connectivity index (χ4v) is 2.85. The summed E-state index contributed by atoms with van der Waals surface area (Å²) in [4.78, 5) is 17.8. The molecule has 1 rings (SSSR count). The number of thioether (sulfide) groups is 1. The van der Waals surface area contributed by atoms with Gasteiger partial charge in [0.1, 0.15) is 0 Å². The van der Waals surface area contributed by atoms with Gasteiger partial charge in [-0.25, -0.2) is 5.84 Å². The first-order valence-corrected chi connectivity index (χ1v) is 6.30. The summed E-state index contributed by atoms with van der Waals surface area (Å²) >= 11 is 2.02. The molecular formula is C9H19N3O2S. The molecule has 0 aromatic rings. The van der Waals surface area contributed by atoms with E-state index in [4.69, 9.17) is 5.84 Å². The van der Waals surface area contributed by atoms with Crippen LogP contribution in [0.5, 0.6) is 0 Å². The molecule has 1 aliphatic rings. The average Bonchev–Trinajstić information content (AvgIpc) is 2.27. The minimum Gasteiger partial charge on any atom is -0.356 e. The van der Waals surface area contributed by atoms with Crippen molar-refractivity contribution in [1.29, 1.82) is 0 Å². The lowest BCUT2D eigenvalue weighted by Gasteiger charge is -2.31. The molecule has 0 aliphatic carbocycles. The first kappa shape index (κ1) is 12.8. The highest BCUT2D eigenvalue weighted by molar-refractivity contribution is 8.00. The van der Waals surface area contributed by atoms with Crippen molar-refractivity contribution >= 4 is 17.7 Å². The van der Waals surface area contributed by atoms with Crippen molar-refractivity contribution in [1.82, 2.24) is 10.5 Å². The van der Waals surface area contributed by atoms with E-state index in [9.17, 15) is 4.79 Å². The Morgan fingerprint density at radius 3 is 3.20 bits per heavy atom. The zero-order valence-electron chi connectivity index (χ0n) is 9.07. The molecule has 15 heavy (non-hydrogen) atoms. The number of rotatable bonds is 5. The van der Waals surface area contributed by atoms with Crippen LogP contribution in [0.2, 0.25) is 0 Å². The number of nitrogens with two attached hydrogens (primary N) is 1. The van der Waals surface area contributed by atoms with Gasteiger partial charge in [-0.05, 0) is 6.42 Å². The second kappa shape index (κ2) is 7.05. The number of carbonyl (C=O) groups excluding carboxylic acids is 1. The monoisotopic (exact) mass is 233 g/mol. The van der Waals surface area contributed by atoms with Gasteiger partial charge in [-0.3, -0.25) is 4.79 Å². The number of nitrogens with one attached hydrogen (secondary N) is 1. The topological polar surface area (TPSA) is 67.6 Å². The highest BCUT2D eigenvalue weighted by Gasteiger charge is 2.19. The largest absolute Gasteiger partial charge is 0.356 e. The predicted molar refractivity (Wildman–Crippen MR) is 61.0 cm³/mol. The first-order valence-electron chi connectivity index (χ1n) is 5.25. The quantitative estimate of drug-likeness (QED) is 0.519. The van der Waals surface area contributed by atoms with Crippen LogP contribution in [0.3, 0.4) is 0 Å². The lowest BCUT2D eigenvalue weighted by atomic mass is 10.3. The van der Waals surface area contributed by atoms with Gasteiger partial charge >= 0.3 is 5.97 Å². The number of hydrogen-bond donors (Lipinski definition) is 2. The Kier molecular flexibility index (Phi) is 6.00. The SMILES string of the molecule is CCC1CN(CCC(=O)ONN)CCS1. The minimum absolute atomic E-state index is 0.302. The van der Waals surface area contributed by atoms with E-state index >= 15 is 0 Å². The maximum absolute atomic E-state index is 11.0. The van der Waals surface area contributed by atoms with Crippen LogP contribution in [0.15, 0.2) is 0 Å². The summed E-state index contributed by atoms with van der Waals surface area (Å²) in [6.07, 6.45) is 1.58. The summed E-state index contributed by atoms with van der Waals surface area (Å²) in [5.41, 5.74) is 1.90. The van der Waals surface area contributed by atoms with E-state index in [1.165, 1.54) is 6.42 Å². The van der Waals surface area contributed by atoms with Gasteiger partial charge in [0, 0.05) is 30.6 Å². The minimum atomic E-state index is -0.302. The van der Waals surface area contributed by atoms with Crippen LogP contribution in [-0.4, -0.2) is 41.5 Å². The molecule has 3 N–H and O–H groups in total. The van der Waals surface area contributed by atoms with E-state index in [2.05, 4.69) is 16.7 Å². The van der Waals surface area contributed by atoms with E-state index in [-0.39, 0.29) is 5.97 Å². The number of carbonyl (C=O) groups is 1. The van der Waals surface area contributed by atoms with Gasteiger partial charge in [0.2, 0.25) is 0 Å². The van der Waals surface area contributed by atoms with Crippen LogP contribution in [0.1, 0.15) is 19.8 Å². The highest BCUT2D eigenvalue weighted by Crippen LogP contribution is 2.20. The summed E-state index contributed by atoms with van der Waals surface area (Å²) in [6, 6.07) is 0. The summed E-state index contributed by atoms with van der Waals surface area (Å²) in [5, 5.41) is 0.711. The fourth-order valence-electron chi connectivity index (χ4n) is 1.60. The van der Waals surface area contributed by atoms with Crippen molar-refractivity contribution in [2.24, 2.45) is 5.84 Å². The zero-order valence-corrected chi connectivity index (χ0v) is 9.89. The molecule has 1 atom stereocenters. The molecule has 1 fully saturated rings. The third kappa shape index (κ3) is 4.83. The van der Waals surface area contributed by atoms with E-state index in [1.54, 1.807) is 0 Å². The Balaban J connectivity index is 2.17. The first-order chi connectivity index (χ1) is 7.26. The van der Waals surface area contributed by atoms with Crippen LogP contribution in [0, 0.1) is 0 Å². The molecule has 1 heterocycles. The number of hydrazine groups is 1. The van der Waals surface area contributed by atoms with Gasteiger partial charge in [-0.15, -0.1) is 0 Å². The molecule has 0 amide bonds. The van der Waals surface area contributed by atoms with E-state index < -0.39 is 0 Å². The van der Waals surface area contributed by atoms with Gasteiger partial charge in [-0.2, -0.15) is 11.8 Å². The maximum Gasteiger partial charge on any atom is 0.327 e. The zero-order chi connectivity index (χ0) is 11.1. The van der Waals surface area contributed by atoms with E-state index in [0.717, 1.165) is 25.4 Å². The van der Waals surface area contributed by atoms with Crippen molar-refractivity contribution in [3.05, 3.63) is 0 Å². The van der Waals surface area contributed by atoms with Crippen molar-refractivity contribution < 1.29 is 9.63 Å². The van der Waals surface area contributed by atoms with Crippen molar-refractivity contribution in [3.8, 4) is 0 Å². The Hall–Kier alpha value is -0.300. The molecule has 1 aliphatic heterocycles. The molecule has 6 heteroatoms. The van der Waals surface area contributed by atoms with E-state index in [1.807, 2.05) is 17.4 Å². The summed E-state index contributed by atoms with van der Waals surface area (Å²) in [6.45, 7) is 5.10.